The summed E-state index contributed by atoms with van der Waals surface area (Å²) in [4.78, 5) is 0.267. The minimum absolute atomic E-state index is 0.0896. The summed E-state index contributed by atoms with van der Waals surface area (Å²) in [5.74, 6) is 0.201. The van der Waals surface area contributed by atoms with Crippen molar-refractivity contribution in [1.82, 2.24) is 0 Å². The lowest BCUT2D eigenvalue weighted by atomic mass is 10.0. The summed E-state index contributed by atoms with van der Waals surface area (Å²) in [6, 6.07) is 5.33. The Morgan fingerprint density at radius 2 is 1.90 bits per heavy atom. The zero-order valence-corrected chi connectivity index (χ0v) is 12.6. The van der Waals surface area contributed by atoms with Gasteiger partial charge in [-0.25, -0.2) is 8.42 Å². The maximum atomic E-state index is 12.3. The lowest BCUT2D eigenvalue weighted by Gasteiger charge is -2.14. The Bertz CT molecular complexity index is 557. The second-order valence-corrected chi connectivity index (χ2v) is 7.87. The van der Waals surface area contributed by atoms with Crippen LogP contribution in [0.3, 0.4) is 0 Å². The fourth-order valence-corrected chi connectivity index (χ4v) is 4.36. The highest BCUT2D eigenvalue weighted by Crippen LogP contribution is 2.22. The molecule has 1 aromatic carbocycles. The summed E-state index contributed by atoms with van der Waals surface area (Å²) in [6.07, 6.45) is 2.48. The maximum Gasteiger partial charge on any atom is 0.178 e. The van der Waals surface area contributed by atoms with Gasteiger partial charge in [0.1, 0.15) is 0 Å². The molecule has 0 spiro atoms. The maximum absolute atomic E-state index is 12.3. The topological polar surface area (TPSA) is 83.5 Å². The molecule has 1 aliphatic heterocycles. The first-order valence-electron chi connectivity index (χ1n) is 6.49. The molecule has 0 N–H and O–H groups in total. The first-order valence-corrected chi connectivity index (χ1v) is 9.21. The molecule has 0 bridgehead atoms. The number of sulfone groups is 1. The van der Waals surface area contributed by atoms with E-state index in [0.29, 0.717) is 13.2 Å². The highest BCUT2D eigenvalue weighted by atomic mass is 32.2. The van der Waals surface area contributed by atoms with E-state index >= 15 is 0 Å². The van der Waals surface area contributed by atoms with Crippen LogP contribution < -0.4 is 0 Å². The zero-order valence-electron chi connectivity index (χ0n) is 11.0. The van der Waals surface area contributed by atoms with Crippen LogP contribution in [-0.4, -0.2) is 36.1 Å². The first kappa shape index (κ1) is 15.6. The van der Waals surface area contributed by atoms with Crippen molar-refractivity contribution in [3.05, 3.63) is 24.3 Å². The molecule has 7 heteroatoms. The van der Waals surface area contributed by atoms with Crippen molar-refractivity contribution in [3.8, 4) is 0 Å². The third kappa shape index (κ3) is 4.12. The Morgan fingerprint density at radius 1 is 1.20 bits per heavy atom. The zero-order chi connectivity index (χ0) is 14.6. The molecule has 2 unspecified atom stereocenters. The lowest BCUT2D eigenvalue weighted by molar-refractivity contribution is 0.142. The average molecular weight is 317 g/mol. The molecule has 1 heterocycles. The molecule has 5 nitrogen and oxygen atoms in total. The van der Waals surface area contributed by atoms with Gasteiger partial charge in [-0.05, 0) is 60.5 Å². The quantitative estimate of drug-likeness (QED) is 0.786. The molecule has 20 heavy (non-hydrogen) atoms. The van der Waals surface area contributed by atoms with Gasteiger partial charge in [0.15, 0.2) is 9.84 Å². The van der Waals surface area contributed by atoms with E-state index in [1.54, 1.807) is 0 Å². The molecule has 1 fully saturated rings. The standard InChI is InChI=1S/C13H18O5S2/c14-19(15)12-3-5-13(6-4-12)20(16,17)10-11-2-1-8-18-9-7-11/h3-6,11H,1-2,7-10H2,(H,14,15)/p-1. The van der Waals surface area contributed by atoms with Gasteiger partial charge in [0, 0.05) is 18.1 Å². The number of rotatable bonds is 4. The highest BCUT2D eigenvalue weighted by Gasteiger charge is 2.22. The monoisotopic (exact) mass is 317 g/mol. The van der Waals surface area contributed by atoms with E-state index < -0.39 is 20.9 Å². The largest absolute Gasteiger partial charge is 0.768 e. The fraction of sp³-hybridized carbons (Fsp3) is 0.538. The van der Waals surface area contributed by atoms with Gasteiger partial charge in [0.05, 0.1) is 10.6 Å². The van der Waals surface area contributed by atoms with Crippen molar-refractivity contribution in [3.63, 3.8) is 0 Å². The van der Waals surface area contributed by atoms with Gasteiger partial charge in [-0.15, -0.1) is 0 Å². The van der Waals surface area contributed by atoms with Gasteiger partial charge >= 0.3 is 0 Å². The molecule has 0 saturated carbocycles. The molecular weight excluding hydrogens is 300 g/mol. The van der Waals surface area contributed by atoms with E-state index in [9.17, 15) is 17.2 Å². The minimum atomic E-state index is -3.38. The normalized spacial score (nSPS) is 22.1. The Kier molecular flexibility index (Phi) is 5.31. The van der Waals surface area contributed by atoms with Gasteiger partial charge in [-0.3, -0.25) is 4.21 Å². The minimum Gasteiger partial charge on any atom is -0.768 e. The number of ether oxygens (including phenoxy) is 1. The summed E-state index contributed by atoms with van der Waals surface area (Å²) in [6.45, 7) is 1.30. The van der Waals surface area contributed by atoms with E-state index in [1.165, 1.54) is 24.3 Å². The van der Waals surface area contributed by atoms with Crippen LogP contribution >= 0.6 is 0 Å². The van der Waals surface area contributed by atoms with Crippen molar-refractivity contribution in [2.75, 3.05) is 19.0 Å². The Hall–Kier alpha value is -0.760. The third-order valence-electron chi connectivity index (χ3n) is 3.40. The molecule has 1 aromatic rings. The van der Waals surface area contributed by atoms with Crippen LogP contribution in [-0.2, 0) is 25.7 Å². The number of hydrogen-bond donors (Lipinski definition) is 0. The van der Waals surface area contributed by atoms with E-state index in [2.05, 4.69) is 0 Å². The summed E-state index contributed by atoms with van der Waals surface area (Å²) in [5.41, 5.74) is 0. The van der Waals surface area contributed by atoms with Crippen molar-refractivity contribution < 1.29 is 21.9 Å². The SMILES string of the molecule is O=S([O-])c1ccc(S(=O)(=O)CC2CCCOCC2)cc1. The van der Waals surface area contributed by atoms with E-state index in [0.717, 1.165) is 19.3 Å². The van der Waals surface area contributed by atoms with Crippen LogP contribution in [0.15, 0.2) is 34.1 Å². The van der Waals surface area contributed by atoms with E-state index in [-0.39, 0.29) is 21.5 Å². The smallest absolute Gasteiger partial charge is 0.178 e. The number of benzene rings is 1. The van der Waals surface area contributed by atoms with Crippen LogP contribution in [0, 0.1) is 5.92 Å². The van der Waals surface area contributed by atoms with Crippen LogP contribution in [0.5, 0.6) is 0 Å². The van der Waals surface area contributed by atoms with Crippen LogP contribution in [0.25, 0.3) is 0 Å². The molecule has 0 aliphatic carbocycles. The second kappa shape index (κ2) is 6.80. The number of hydrogen-bond acceptors (Lipinski definition) is 5. The summed E-state index contributed by atoms with van der Waals surface area (Å²) in [7, 11) is -3.38. The molecule has 0 amide bonds. The molecule has 112 valence electrons. The van der Waals surface area contributed by atoms with Gasteiger partial charge in [0.2, 0.25) is 0 Å². The van der Waals surface area contributed by atoms with Gasteiger partial charge < -0.3 is 9.29 Å². The average Bonchev–Trinajstić information content (AvgIpc) is 2.67. The summed E-state index contributed by atoms with van der Waals surface area (Å²) < 4.78 is 51.4. The van der Waals surface area contributed by atoms with Crippen molar-refractivity contribution in [2.45, 2.75) is 29.1 Å². The first-order chi connectivity index (χ1) is 9.49. The van der Waals surface area contributed by atoms with Gasteiger partial charge in [0.25, 0.3) is 0 Å². The van der Waals surface area contributed by atoms with Crippen LogP contribution in [0.4, 0.5) is 0 Å². The molecule has 1 aliphatic rings. The Labute approximate surface area is 121 Å². The molecular formula is C13H17O5S2-. The molecule has 2 atom stereocenters. The molecule has 0 aromatic heterocycles. The highest BCUT2D eigenvalue weighted by molar-refractivity contribution is 7.91. The Morgan fingerprint density at radius 3 is 2.55 bits per heavy atom. The predicted octanol–water partition coefficient (Wildman–Crippen LogP) is 1.52. The molecule has 0 radical (unpaired) electrons. The Balaban J connectivity index is 2.10. The summed E-state index contributed by atoms with van der Waals surface area (Å²) in [5, 5.41) is 0. The van der Waals surface area contributed by atoms with Crippen molar-refractivity contribution in [1.29, 1.82) is 0 Å². The van der Waals surface area contributed by atoms with Crippen LogP contribution in [0.1, 0.15) is 19.3 Å². The third-order valence-corrected chi connectivity index (χ3v) is 5.96. The van der Waals surface area contributed by atoms with Crippen molar-refractivity contribution in [2.24, 2.45) is 5.92 Å². The van der Waals surface area contributed by atoms with E-state index in [4.69, 9.17) is 4.74 Å². The summed E-state index contributed by atoms with van der Waals surface area (Å²) >= 11 is -2.33. The van der Waals surface area contributed by atoms with Gasteiger partial charge in [-0.1, -0.05) is 0 Å². The van der Waals surface area contributed by atoms with Crippen LogP contribution in [0.2, 0.25) is 0 Å². The predicted molar refractivity (Wildman–Crippen MR) is 73.8 cm³/mol. The molecule has 1 saturated heterocycles. The van der Waals surface area contributed by atoms with E-state index in [1.807, 2.05) is 0 Å². The van der Waals surface area contributed by atoms with Crippen molar-refractivity contribution >= 4 is 20.9 Å². The second-order valence-electron chi connectivity index (χ2n) is 4.90. The molecule has 2 rings (SSSR count). The van der Waals surface area contributed by atoms with Gasteiger partial charge in [-0.2, -0.15) is 0 Å². The lowest BCUT2D eigenvalue weighted by Crippen LogP contribution is -2.17. The fourth-order valence-electron chi connectivity index (χ4n) is 2.30.